The molecule has 0 spiro atoms. The summed E-state index contributed by atoms with van der Waals surface area (Å²) >= 11 is 3.42. The maximum atomic E-state index is 11.8. The minimum Gasteiger partial charge on any atom is -0.394 e. The molecular formula is C14H20BrN3O2. The van der Waals surface area contributed by atoms with Gasteiger partial charge in [-0.2, -0.15) is 0 Å². The van der Waals surface area contributed by atoms with Crippen LogP contribution in [0.15, 0.2) is 28.7 Å². The number of aliphatic hydroxyl groups is 1. The lowest BCUT2D eigenvalue weighted by Crippen LogP contribution is -2.53. The Morgan fingerprint density at radius 2 is 1.85 bits per heavy atom. The van der Waals surface area contributed by atoms with Gasteiger partial charge in [0.1, 0.15) is 6.04 Å². The molecule has 1 unspecified atom stereocenters. The molecule has 1 saturated heterocycles. The zero-order valence-corrected chi connectivity index (χ0v) is 12.9. The van der Waals surface area contributed by atoms with Crippen LogP contribution in [0.1, 0.15) is 5.56 Å². The summed E-state index contributed by atoms with van der Waals surface area (Å²) in [6, 6.07) is 7.49. The van der Waals surface area contributed by atoms with Crippen molar-refractivity contribution in [3.63, 3.8) is 0 Å². The molecule has 3 N–H and O–H groups in total. The van der Waals surface area contributed by atoms with Crippen LogP contribution in [-0.2, 0) is 11.3 Å². The average Bonchev–Trinajstić information content (AvgIpc) is 2.49. The third-order valence-electron chi connectivity index (χ3n) is 3.52. The minimum absolute atomic E-state index is 0.157. The summed E-state index contributed by atoms with van der Waals surface area (Å²) < 4.78 is 1.08. The van der Waals surface area contributed by atoms with Gasteiger partial charge in [-0.15, -0.1) is 0 Å². The van der Waals surface area contributed by atoms with Crippen molar-refractivity contribution in [2.45, 2.75) is 12.6 Å². The Hall–Kier alpha value is -0.950. The van der Waals surface area contributed by atoms with Gasteiger partial charge in [0, 0.05) is 37.2 Å². The van der Waals surface area contributed by atoms with Crippen molar-refractivity contribution in [2.75, 3.05) is 32.8 Å². The van der Waals surface area contributed by atoms with E-state index in [4.69, 9.17) is 10.8 Å². The Labute approximate surface area is 127 Å². The quantitative estimate of drug-likeness (QED) is 0.832. The van der Waals surface area contributed by atoms with E-state index >= 15 is 0 Å². The van der Waals surface area contributed by atoms with E-state index in [1.807, 2.05) is 12.1 Å². The molecule has 1 aliphatic rings. The van der Waals surface area contributed by atoms with Crippen molar-refractivity contribution in [1.29, 1.82) is 0 Å². The third-order valence-corrected chi connectivity index (χ3v) is 4.05. The normalized spacial score (nSPS) is 18.1. The van der Waals surface area contributed by atoms with Gasteiger partial charge in [-0.25, -0.2) is 0 Å². The summed E-state index contributed by atoms with van der Waals surface area (Å²) in [5.41, 5.74) is 6.82. The molecule has 0 saturated carbocycles. The van der Waals surface area contributed by atoms with E-state index < -0.39 is 6.04 Å². The first kappa shape index (κ1) is 15.4. The highest BCUT2D eigenvalue weighted by Gasteiger charge is 2.24. The van der Waals surface area contributed by atoms with Crippen LogP contribution < -0.4 is 5.73 Å². The number of halogens is 1. The van der Waals surface area contributed by atoms with Crippen LogP contribution in [0.4, 0.5) is 0 Å². The molecule has 0 bridgehead atoms. The number of amides is 1. The second-order valence-electron chi connectivity index (χ2n) is 5.02. The second kappa shape index (κ2) is 7.17. The molecule has 1 fully saturated rings. The number of piperazine rings is 1. The van der Waals surface area contributed by atoms with Crippen LogP contribution in [0.5, 0.6) is 0 Å². The van der Waals surface area contributed by atoms with Crippen LogP contribution in [-0.4, -0.2) is 59.6 Å². The van der Waals surface area contributed by atoms with Gasteiger partial charge in [0.25, 0.3) is 0 Å². The largest absolute Gasteiger partial charge is 0.394 e. The van der Waals surface area contributed by atoms with E-state index in [1.165, 1.54) is 5.56 Å². The van der Waals surface area contributed by atoms with Gasteiger partial charge in [0.05, 0.1) is 6.61 Å². The Morgan fingerprint density at radius 3 is 2.40 bits per heavy atom. The number of nitrogens with zero attached hydrogens (tertiary/aromatic N) is 2. The number of carbonyl (C=O) groups excluding carboxylic acids is 1. The van der Waals surface area contributed by atoms with Crippen LogP contribution in [0, 0.1) is 0 Å². The lowest BCUT2D eigenvalue weighted by molar-refractivity contribution is -0.135. The van der Waals surface area contributed by atoms with Gasteiger partial charge in [-0.3, -0.25) is 9.69 Å². The van der Waals surface area contributed by atoms with Gasteiger partial charge in [-0.05, 0) is 17.7 Å². The topological polar surface area (TPSA) is 69.8 Å². The van der Waals surface area contributed by atoms with Crippen molar-refractivity contribution in [1.82, 2.24) is 9.80 Å². The molecule has 1 aromatic rings. The van der Waals surface area contributed by atoms with Gasteiger partial charge in [0.15, 0.2) is 0 Å². The molecule has 1 aromatic carbocycles. The van der Waals surface area contributed by atoms with Gasteiger partial charge >= 0.3 is 0 Å². The Bertz CT molecular complexity index is 444. The summed E-state index contributed by atoms with van der Waals surface area (Å²) in [6.45, 7) is 3.60. The maximum Gasteiger partial charge on any atom is 0.241 e. The fourth-order valence-corrected chi connectivity index (χ4v) is 2.55. The lowest BCUT2D eigenvalue weighted by Gasteiger charge is -2.35. The number of aliphatic hydroxyl groups excluding tert-OH is 1. The first-order valence-electron chi connectivity index (χ1n) is 6.72. The van der Waals surface area contributed by atoms with Gasteiger partial charge < -0.3 is 15.7 Å². The average molecular weight is 342 g/mol. The first-order chi connectivity index (χ1) is 9.60. The predicted octanol–water partition coefficient (Wildman–Crippen LogP) is 0.413. The van der Waals surface area contributed by atoms with E-state index in [-0.39, 0.29) is 12.5 Å². The lowest BCUT2D eigenvalue weighted by atomic mass is 10.2. The van der Waals surface area contributed by atoms with E-state index in [1.54, 1.807) is 4.90 Å². The summed E-state index contributed by atoms with van der Waals surface area (Å²) in [7, 11) is 0. The van der Waals surface area contributed by atoms with Crippen molar-refractivity contribution >= 4 is 21.8 Å². The smallest absolute Gasteiger partial charge is 0.241 e. The fraction of sp³-hybridized carbons (Fsp3) is 0.500. The Balaban J connectivity index is 1.82. The maximum absolute atomic E-state index is 11.8. The predicted molar refractivity (Wildman–Crippen MR) is 81.1 cm³/mol. The molecule has 1 amide bonds. The minimum atomic E-state index is -0.784. The van der Waals surface area contributed by atoms with Crippen LogP contribution in [0.3, 0.4) is 0 Å². The van der Waals surface area contributed by atoms with E-state index in [0.29, 0.717) is 13.1 Å². The second-order valence-corrected chi connectivity index (χ2v) is 5.93. The monoisotopic (exact) mass is 341 g/mol. The molecule has 0 radical (unpaired) electrons. The van der Waals surface area contributed by atoms with Crippen molar-refractivity contribution in [3.8, 4) is 0 Å². The highest BCUT2D eigenvalue weighted by Crippen LogP contribution is 2.13. The highest BCUT2D eigenvalue weighted by molar-refractivity contribution is 9.10. The highest BCUT2D eigenvalue weighted by atomic mass is 79.9. The summed E-state index contributed by atoms with van der Waals surface area (Å²) in [5, 5.41) is 8.92. The van der Waals surface area contributed by atoms with E-state index in [9.17, 15) is 4.79 Å². The van der Waals surface area contributed by atoms with Crippen molar-refractivity contribution < 1.29 is 9.90 Å². The number of hydrogen-bond donors (Lipinski definition) is 2. The molecule has 1 aliphatic heterocycles. The molecule has 2 rings (SSSR count). The number of hydrogen-bond acceptors (Lipinski definition) is 4. The van der Waals surface area contributed by atoms with E-state index in [2.05, 4.69) is 33.0 Å². The summed E-state index contributed by atoms with van der Waals surface area (Å²) in [5.74, 6) is -0.157. The SMILES string of the molecule is NC(CO)C(=O)N1CCN(Cc2ccc(Br)cc2)CC1. The molecule has 1 atom stereocenters. The number of nitrogens with two attached hydrogens (primary N) is 1. The van der Waals surface area contributed by atoms with Crippen LogP contribution >= 0.6 is 15.9 Å². The van der Waals surface area contributed by atoms with Crippen molar-refractivity contribution in [2.24, 2.45) is 5.73 Å². The summed E-state index contributed by atoms with van der Waals surface area (Å²) in [4.78, 5) is 15.9. The zero-order chi connectivity index (χ0) is 14.5. The molecule has 110 valence electrons. The van der Waals surface area contributed by atoms with Gasteiger partial charge in [0.2, 0.25) is 5.91 Å². The molecule has 20 heavy (non-hydrogen) atoms. The molecule has 1 heterocycles. The number of rotatable bonds is 4. The standard InChI is InChI=1S/C14H20BrN3O2/c15-12-3-1-11(2-4-12)9-17-5-7-18(8-6-17)14(20)13(16)10-19/h1-4,13,19H,5-10,16H2. The fourth-order valence-electron chi connectivity index (χ4n) is 2.29. The molecule has 0 aliphatic carbocycles. The first-order valence-corrected chi connectivity index (χ1v) is 7.51. The van der Waals surface area contributed by atoms with Gasteiger partial charge in [-0.1, -0.05) is 28.1 Å². The zero-order valence-electron chi connectivity index (χ0n) is 11.3. The van der Waals surface area contributed by atoms with Crippen LogP contribution in [0.25, 0.3) is 0 Å². The Morgan fingerprint density at radius 1 is 1.25 bits per heavy atom. The van der Waals surface area contributed by atoms with Crippen molar-refractivity contribution in [3.05, 3.63) is 34.3 Å². The number of benzene rings is 1. The molecule has 6 heteroatoms. The molecular weight excluding hydrogens is 322 g/mol. The third kappa shape index (κ3) is 4.02. The van der Waals surface area contributed by atoms with E-state index in [0.717, 1.165) is 24.1 Å². The molecule has 0 aromatic heterocycles. The number of carbonyl (C=O) groups is 1. The Kier molecular flexibility index (Phi) is 5.54. The summed E-state index contributed by atoms with van der Waals surface area (Å²) in [6.07, 6.45) is 0. The van der Waals surface area contributed by atoms with Crippen LogP contribution in [0.2, 0.25) is 0 Å². The molecule has 5 nitrogen and oxygen atoms in total.